The fourth-order valence-corrected chi connectivity index (χ4v) is 3.46. The fourth-order valence-electron chi connectivity index (χ4n) is 2.69. The lowest BCUT2D eigenvalue weighted by Crippen LogP contribution is -2.16. The van der Waals surface area contributed by atoms with Crippen molar-refractivity contribution >= 4 is 12.0 Å². The molecular weight excluding hydrogens is 292 g/mol. The van der Waals surface area contributed by atoms with Crippen molar-refractivity contribution in [2.45, 2.75) is 109 Å². The molecular formula is C19H38O2S. The van der Waals surface area contributed by atoms with E-state index in [1.54, 1.807) is 12.0 Å². The summed E-state index contributed by atoms with van der Waals surface area (Å²) in [7, 11) is 0. The van der Waals surface area contributed by atoms with Crippen LogP contribution in [0.2, 0.25) is 0 Å². The van der Waals surface area contributed by atoms with Gasteiger partial charge in [0.15, 0.2) is 0 Å². The van der Waals surface area contributed by atoms with Gasteiger partial charge in [-0.15, -0.1) is 0 Å². The fraction of sp³-hybridized carbons (Fsp3) is 1.00. The average Bonchev–Trinajstić information content (AvgIpc) is 3.29. The zero-order valence-corrected chi connectivity index (χ0v) is 16.0. The van der Waals surface area contributed by atoms with Gasteiger partial charge in [-0.3, -0.25) is 0 Å². The number of epoxide rings is 1. The molecule has 1 aliphatic heterocycles. The largest absolute Gasteiger partial charge is 0.371 e. The number of rotatable bonds is 16. The van der Waals surface area contributed by atoms with E-state index in [0.717, 1.165) is 13.2 Å². The summed E-state index contributed by atoms with van der Waals surface area (Å²) in [5.41, 5.74) is 0. The Morgan fingerprint density at radius 3 is 1.91 bits per heavy atom. The summed E-state index contributed by atoms with van der Waals surface area (Å²) in [5, 5.41) is 0. The van der Waals surface area contributed by atoms with Crippen LogP contribution in [0.4, 0.5) is 0 Å². The minimum absolute atomic E-state index is 0.244. The van der Waals surface area contributed by atoms with E-state index in [9.17, 15) is 0 Å². The van der Waals surface area contributed by atoms with Crippen molar-refractivity contribution in [1.29, 1.82) is 0 Å². The molecule has 0 saturated carbocycles. The van der Waals surface area contributed by atoms with Gasteiger partial charge in [-0.2, -0.15) is 0 Å². The Morgan fingerprint density at radius 2 is 1.41 bits per heavy atom. The molecule has 0 aromatic carbocycles. The van der Waals surface area contributed by atoms with E-state index >= 15 is 0 Å². The second-order valence-electron chi connectivity index (χ2n) is 7.37. The van der Waals surface area contributed by atoms with Crippen LogP contribution in [0.15, 0.2) is 0 Å². The first kappa shape index (κ1) is 20.3. The predicted molar refractivity (Wildman–Crippen MR) is 98.4 cm³/mol. The summed E-state index contributed by atoms with van der Waals surface area (Å²) >= 11 is 1.65. The van der Waals surface area contributed by atoms with Crippen LogP contribution in [0.3, 0.4) is 0 Å². The molecule has 132 valence electrons. The SMILES string of the molecule is CCCCCCCCCCCCCC(C)(C)SOCC1CO1. The first-order chi connectivity index (χ1) is 10.6. The molecule has 1 unspecified atom stereocenters. The van der Waals surface area contributed by atoms with Gasteiger partial charge in [0.25, 0.3) is 0 Å². The zero-order chi connectivity index (χ0) is 16.1. The third kappa shape index (κ3) is 12.8. The van der Waals surface area contributed by atoms with E-state index in [1.165, 1.54) is 77.0 Å². The Kier molecular flexibility index (Phi) is 11.7. The first-order valence-electron chi connectivity index (χ1n) is 9.56. The summed E-state index contributed by atoms with van der Waals surface area (Å²) in [6.07, 6.45) is 17.2. The second kappa shape index (κ2) is 12.7. The molecule has 1 saturated heterocycles. The smallest absolute Gasteiger partial charge is 0.105 e. The van der Waals surface area contributed by atoms with Crippen molar-refractivity contribution in [3.05, 3.63) is 0 Å². The van der Waals surface area contributed by atoms with Crippen LogP contribution in [0.5, 0.6) is 0 Å². The van der Waals surface area contributed by atoms with Crippen LogP contribution in [-0.4, -0.2) is 24.1 Å². The van der Waals surface area contributed by atoms with Crippen LogP contribution < -0.4 is 0 Å². The van der Waals surface area contributed by atoms with Crippen molar-refractivity contribution in [1.82, 2.24) is 0 Å². The summed E-state index contributed by atoms with van der Waals surface area (Å²) < 4.78 is 11.1. The Morgan fingerprint density at radius 1 is 0.909 bits per heavy atom. The minimum Gasteiger partial charge on any atom is -0.371 e. The summed E-state index contributed by atoms with van der Waals surface area (Å²) in [5.74, 6) is 0. The lowest BCUT2D eigenvalue weighted by atomic mass is 10.0. The van der Waals surface area contributed by atoms with Crippen LogP contribution in [0.1, 0.15) is 97.8 Å². The van der Waals surface area contributed by atoms with E-state index in [-0.39, 0.29) is 4.75 Å². The predicted octanol–water partition coefficient (Wildman–Crippen LogP) is 6.53. The molecule has 1 aliphatic rings. The summed E-state index contributed by atoms with van der Waals surface area (Å²) in [6, 6.07) is 0. The van der Waals surface area contributed by atoms with Crippen molar-refractivity contribution in [2.24, 2.45) is 0 Å². The van der Waals surface area contributed by atoms with E-state index < -0.39 is 0 Å². The molecule has 0 N–H and O–H groups in total. The molecule has 3 heteroatoms. The van der Waals surface area contributed by atoms with Crippen molar-refractivity contribution in [3.63, 3.8) is 0 Å². The quantitative estimate of drug-likeness (QED) is 0.182. The summed E-state index contributed by atoms with van der Waals surface area (Å²) in [4.78, 5) is 0. The Bertz CT molecular complexity index is 252. The number of hydrogen-bond acceptors (Lipinski definition) is 3. The van der Waals surface area contributed by atoms with Gasteiger partial charge in [0, 0.05) is 4.75 Å². The van der Waals surface area contributed by atoms with Crippen molar-refractivity contribution in [2.75, 3.05) is 13.2 Å². The molecule has 1 atom stereocenters. The highest BCUT2D eigenvalue weighted by Gasteiger charge is 2.25. The van der Waals surface area contributed by atoms with Crippen LogP contribution in [0.25, 0.3) is 0 Å². The number of ether oxygens (including phenoxy) is 1. The second-order valence-corrected chi connectivity index (χ2v) is 8.88. The third-order valence-electron chi connectivity index (χ3n) is 4.32. The minimum atomic E-state index is 0.244. The first-order valence-corrected chi connectivity index (χ1v) is 10.3. The van der Waals surface area contributed by atoms with E-state index in [1.807, 2.05) is 0 Å². The van der Waals surface area contributed by atoms with Crippen molar-refractivity contribution in [3.8, 4) is 0 Å². The molecule has 2 nitrogen and oxygen atoms in total. The summed E-state index contributed by atoms with van der Waals surface area (Å²) in [6.45, 7) is 8.52. The van der Waals surface area contributed by atoms with Gasteiger partial charge in [0.2, 0.25) is 0 Å². The highest BCUT2D eigenvalue weighted by Crippen LogP contribution is 2.32. The molecule has 0 bridgehead atoms. The highest BCUT2D eigenvalue weighted by atomic mass is 32.2. The van der Waals surface area contributed by atoms with Crippen LogP contribution >= 0.6 is 12.0 Å². The Balaban J connectivity index is 1.79. The number of hydrogen-bond donors (Lipinski definition) is 0. The normalized spacial score (nSPS) is 17.9. The maximum atomic E-state index is 5.66. The molecule has 22 heavy (non-hydrogen) atoms. The molecule has 0 spiro atoms. The Labute approximate surface area is 143 Å². The molecule has 0 radical (unpaired) electrons. The molecule has 1 heterocycles. The molecule has 1 fully saturated rings. The monoisotopic (exact) mass is 330 g/mol. The molecule has 0 aromatic rings. The van der Waals surface area contributed by atoms with E-state index in [0.29, 0.717) is 6.10 Å². The lowest BCUT2D eigenvalue weighted by molar-refractivity contribution is 0.290. The molecule has 0 aliphatic carbocycles. The van der Waals surface area contributed by atoms with Crippen LogP contribution in [0, 0.1) is 0 Å². The van der Waals surface area contributed by atoms with Gasteiger partial charge in [0.05, 0.1) is 13.2 Å². The maximum Gasteiger partial charge on any atom is 0.105 e. The van der Waals surface area contributed by atoms with Crippen LogP contribution in [-0.2, 0) is 8.92 Å². The van der Waals surface area contributed by atoms with Gasteiger partial charge < -0.3 is 8.92 Å². The van der Waals surface area contributed by atoms with E-state index in [4.69, 9.17) is 8.92 Å². The zero-order valence-electron chi connectivity index (χ0n) is 15.2. The third-order valence-corrected chi connectivity index (χ3v) is 5.23. The van der Waals surface area contributed by atoms with Gasteiger partial charge in [0.1, 0.15) is 6.10 Å². The highest BCUT2D eigenvalue weighted by molar-refractivity contribution is 7.96. The van der Waals surface area contributed by atoms with Gasteiger partial charge in [-0.05, 0) is 32.3 Å². The Hall–Kier alpha value is 0.270. The molecule has 1 rings (SSSR count). The molecule has 0 aromatic heterocycles. The lowest BCUT2D eigenvalue weighted by Gasteiger charge is -2.22. The number of unbranched alkanes of at least 4 members (excludes halogenated alkanes) is 10. The average molecular weight is 331 g/mol. The van der Waals surface area contributed by atoms with Gasteiger partial charge in [-0.1, -0.05) is 77.6 Å². The van der Waals surface area contributed by atoms with Gasteiger partial charge >= 0.3 is 0 Å². The van der Waals surface area contributed by atoms with Gasteiger partial charge in [-0.25, -0.2) is 0 Å². The molecule has 0 amide bonds. The van der Waals surface area contributed by atoms with E-state index in [2.05, 4.69) is 20.8 Å². The standard InChI is InChI=1S/C19H38O2S/c1-4-5-6-7-8-9-10-11-12-13-14-15-19(2,3)22-21-17-18-16-20-18/h18H,4-17H2,1-3H3. The maximum absolute atomic E-state index is 5.66. The van der Waals surface area contributed by atoms with Crippen molar-refractivity contribution < 1.29 is 8.92 Å². The topological polar surface area (TPSA) is 21.8 Å².